The minimum absolute atomic E-state index is 0.180. The van der Waals surface area contributed by atoms with E-state index in [1.54, 1.807) is 32.0 Å². The van der Waals surface area contributed by atoms with Crippen molar-refractivity contribution in [3.8, 4) is 5.75 Å². The number of nitrogens with one attached hydrogen (secondary N) is 1. The van der Waals surface area contributed by atoms with Gasteiger partial charge in [-0.05, 0) is 69.2 Å². The molecule has 0 aliphatic heterocycles. The van der Waals surface area contributed by atoms with Crippen LogP contribution in [-0.2, 0) is 14.8 Å². The topological polar surface area (TPSA) is 75.7 Å². The third-order valence-corrected chi connectivity index (χ3v) is 8.10. The zero-order chi connectivity index (χ0) is 22.6. The number of ether oxygens (including phenoxy) is 1. The number of benzene rings is 3. The van der Waals surface area contributed by atoms with Gasteiger partial charge in [0.2, 0.25) is 10.0 Å². The van der Waals surface area contributed by atoms with Crippen molar-refractivity contribution < 1.29 is 17.9 Å². The molecule has 0 unspecified atom stereocenters. The van der Waals surface area contributed by atoms with Crippen LogP contribution in [0.5, 0.6) is 5.75 Å². The molecule has 0 saturated carbocycles. The number of nitrogens with zero attached hydrogens (tertiary/aromatic N) is 1. The Labute approximate surface area is 198 Å². The summed E-state index contributed by atoms with van der Waals surface area (Å²) in [7, 11) is -3.53. The molecule has 0 aromatic heterocycles. The molecule has 3 aromatic rings. The van der Waals surface area contributed by atoms with Crippen molar-refractivity contribution in [2.24, 2.45) is 0 Å². The summed E-state index contributed by atoms with van der Waals surface area (Å²) in [6.07, 6.45) is 0. The minimum atomic E-state index is -3.53. The fraction of sp³-hybridized carbons (Fsp3) is 0.227. The number of hydrogen-bond donors (Lipinski definition) is 1. The van der Waals surface area contributed by atoms with Crippen LogP contribution in [0.1, 0.15) is 13.8 Å². The maximum atomic E-state index is 12.5. The summed E-state index contributed by atoms with van der Waals surface area (Å²) in [5.74, 6) is 0.216. The van der Waals surface area contributed by atoms with E-state index in [4.69, 9.17) is 4.74 Å². The van der Waals surface area contributed by atoms with Crippen molar-refractivity contribution in [2.75, 3.05) is 25.0 Å². The number of hydrogen-bond acceptors (Lipinski definition) is 4. The second kappa shape index (κ2) is 10.1. The zero-order valence-corrected chi connectivity index (χ0v) is 21.1. The van der Waals surface area contributed by atoms with Gasteiger partial charge in [-0.15, -0.1) is 0 Å². The van der Waals surface area contributed by atoms with E-state index in [9.17, 15) is 13.2 Å². The number of rotatable bonds is 8. The van der Waals surface area contributed by atoms with Gasteiger partial charge in [0.1, 0.15) is 5.75 Å². The summed E-state index contributed by atoms with van der Waals surface area (Å²) in [4.78, 5) is 12.5. The van der Waals surface area contributed by atoms with Gasteiger partial charge in [-0.1, -0.05) is 41.9 Å². The molecular weight excluding hydrogens is 548 g/mol. The van der Waals surface area contributed by atoms with E-state index in [1.165, 1.54) is 16.4 Å². The Hall–Kier alpha value is -1.94. The lowest BCUT2D eigenvalue weighted by molar-refractivity contribution is -0.118. The molecule has 3 aromatic carbocycles. The van der Waals surface area contributed by atoms with Gasteiger partial charge in [0.25, 0.3) is 5.91 Å². The van der Waals surface area contributed by atoms with Gasteiger partial charge in [0, 0.05) is 23.2 Å². The predicted molar refractivity (Wildman–Crippen MR) is 130 cm³/mol. The van der Waals surface area contributed by atoms with Crippen LogP contribution < -0.4 is 10.1 Å². The van der Waals surface area contributed by atoms with Gasteiger partial charge in [-0.25, -0.2) is 8.42 Å². The number of carbonyl (C=O) groups is 1. The number of amides is 1. The number of halogens is 2. The Balaban J connectivity index is 1.64. The molecule has 0 aliphatic carbocycles. The van der Waals surface area contributed by atoms with E-state index in [-0.39, 0.29) is 17.4 Å². The molecule has 6 nitrogen and oxygen atoms in total. The van der Waals surface area contributed by atoms with Crippen LogP contribution in [0.15, 0.2) is 68.4 Å². The van der Waals surface area contributed by atoms with Gasteiger partial charge in [0.05, 0.1) is 9.37 Å². The third-order valence-electron chi connectivity index (χ3n) is 4.72. The fourth-order valence-corrected chi connectivity index (χ4v) is 5.56. The van der Waals surface area contributed by atoms with Crippen LogP contribution >= 0.6 is 31.9 Å². The molecule has 0 fully saturated rings. The standard InChI is InChI=1S/C22H22Br2N2O4S/c1-3-26(4-2)31(28,29)18-9-7-17(8-10-18)25-21(27)14-30-20-12-5-15-13-16(23)6-11-19(15)22(20)24/h5-13H,3-4,14H2,1-2H3,(H,25,27). The van der Waals surface area contributed by atoms with E-state index in [2.05, 4.69) is 37.2 Å². The van der Waals surface area contributed by atoms with Crippen molar-refractivity contribution in [3.05, 3.63) is 63.5 Å². The van der Waals surface area contributed by atoms with E-state index in [1.807, 2.05) is 24.3 Å². The van der Waals surface area contributed by atoms with Gasteiger partial charge >= 0.3 is 0 Å². The van der Waals surface area contributed by atoms with Crippen molar-refractivity contribution in [2.45, 2.75) is 18.7 Å². The summed E-state index contributed by atoms with van der Waals surface area (Å²) in [5, 5.41) is 4.74. The Morgan fingerprint density at radius 3 is 2.32 bits per heavy atom. The Morgan fingerprint density at radius 1 is 1.00 bits per heavy atom. The molecule has 164 valence electrons. The highest BCUT2D eigenvalue weighted by atomic mass is 79.9. The van der Waals surface area contributed by atoms with Crippen LogP contribution in [0.4, 0.5) is 5.69 Å². The smallest absolute Gasteiger partial charge is 0.262 e. The van der Waals surface area contributed by atoms with Crippen molar-refractivity contribution in [1.29, 1.82) is 0 Å². The minimum Gasteiger partial charge on any atom is -0.483 e. The first-order valence-electron chi connectivity index (χ1n) is 9.67. The predicted octanol–water partition coefficient (Wildman–Crippen LogP) is 5.41. The quantitative estimate of drug-likeness (QED) is 0.393. The first kappa shape index (κ1) is 23.7. The molecule has 0 aliphatic rings. The van der Waals surface area contributed by atoms with Crippen LogP contribution in [0.3, 0.4) is 0 Å². The van der Waals surface area contributed by atoms with Crippen LogP contribution in [0, 0.1) is 0 Å². The zero-order valence-electron chi connectivity index (χ0n) is 17.1. The molecule has 1 N–H and O–H groups in total. The second-order valence-electron chi connectivity index (χ2n) is 6.69. The molecule has 0 spiro atoms. The Kier molecular flexibility index (Phi) is 7.74. The summed E-state index contributed by atoms with van der Waals surface area (Å²) >= 11 is 6.99. The molecule has 3 rings (SSSR count). The van der Waals surface area contributed by atoms with Gasteiger partial charge in [0.15, 0.2) is 6.61 Å². The molecule has 31 heavy (non-hydrogen) atoms. The van der Waals surface area contributed by atoms with Gasteiger partial charge < -0.3 is 10.1 Å². The molecule has 0 bridgehead atoms. The number of fused-ring (bicyclic) bond motifs is 1. The Morgan fingerprint density at radius 2 is 1.68 bits per heavy atom. The summed E-state index contributed by atoms with van der Waals surface area (Å²) in [6.45, 7) is 4.21. The lowest BCUT2D eigenvalue weighted by Crippen LogP contribution is -2.30. The second-order valence-corrected chi connectivity index (χ2v) is 10.3. The van der Waals surface area contributed by atoms with Crippen LogP contribution in [-0.4, -0.2) is 38.3 Å². The Bertz CT molecular complexity index is 1190. The first-order valence-corrected chi connectivity index (χ1v) is 12.7. The van der Waals surface area contributed by atoms with E-state index in [0.717, 1.165) is 19.7 Å². The lowest BCUT2D eigenvalue weighted by atomic mass is 10.1. The van der Waals surface area contributed by atoms with Gasteiger partial charge in [-0.3, -0.25) is 4.79 Å². The number of anilines is 1. The monoisotopic (exact) mass is 568 g/mol. The molecule has 0 saturated heterocycles. The largest absolute Gasteiger partial charge is 0.483 e. The average molecular weight is 570 g/mol. The van der Waals surface area contributed by atoms with E-state index < -0.39 is 10.0 Å². The molecular formula is C22H22Br2N2O4S. The van der Waals surface area contributed by atoms with Gasteiger partial charge in [-0.2, -0.15) is 4.31 Å². The number of carbonyl (C=O) groups excluding carboxylic acids is 1. The van der Waals surface area contributed by atoms with Crippen LogP contribution in [0.2, 0.25) is 0 Å². The third kappa shape index (κ3) is 5.46. The van der Waals surface area contributed by atoms with Crippen molar-refractivity contribution >= 4 is 64.3 Å². The van der Waals surface area contributed by atoms with Crippen molar-refractivity contribution in [1.82, 2.24) is 4.31 Å². The lowest BCUT2D eigenvalue weighted by Gasteiger charge is -2.18. The summed E-state index contributed by atoms with van der Waals surface area (Å²) in [5.41, 5.74) is 0.495. The molecule has 9 heteroatoms. The molecule has 0 heterocycles. The maximum absolute atomic E-state index is 12.5. The molecule has 0 atom stereocenters. The highest BCUT2D eigenvalue weighted by Gasteiger charge is 2.21. The normalized spacial score (nSPS) is 11.6. The first-order chi connectivity index (χ1) is 14.8. The van der Waals surface area contributed by atoms with Crippen molar-refractivity contribution in [3.63, 3.8) is 0 Å². The maximum Gasteiger partial charge on any atom is 0.262 e. The SMILES string of the molecule is CCN(CC)S(=O)(=O)c1ccc(NC(=O)COc2ccc3cc(Br)ccc3c2Br)cc1. The van der Waals surface area contributed by atoms with E-state index >= 15 is 0 Å². The molecule has 0 radical (unpaired) electrons. The summed E-state index contributed by atoms with van der Waals surface area (Å²) in [6, 6.07) is 15.7. The van der Waals surface area contributed by atoms with E-state index in [0.29, 0.717) is 24.5 Å². The number of sulfonamides is 1. The van der Waals surface area contributed by atoms with Crippen LogP contribution in [0.25, 0.3) is 10.8 Å². The fourth-order valence-electron chi connectivity index (χ4n) is 3.12. The highest BCUT2D eigenvalue weighted by molar-refractivity contribution is 9.11. The molecule has 1 amide bonds. The summed E-state index contributed by atoms with van der Waals surface area (Å²) < 4.78 is 33.9. The highest BCUT2D eigenvalue weighted by Crippen LogP contribution is 2.34. The average Bonchev–Trinajstić information content (AvgIpc) is 2.74.